The van der Waals surface area contributed by atoms with E-state index in [2.05, 4.69) is 59.2 Å². The minimum absolute atomic E-state index is 1.13. The molecule has 100 valence electrons. The smallest absolute Gasteiger partial charge is 0.0630 e. The lowest BCUT2D eigenvalue weighted by molar-refractivity contribution is 1.46. The summed E-state index contributed by atoms with van der Waals surface area (Å²) in [6.07, 6.45) is 0. The van der Waals surface area contributed by atoms with E-state index < -0.39 is 0 Å². The third kappa shape index (κ3) is 2.10. The van der Waals surface area contributed by atoms with E-state index in [1.807, 2.05) is 26.0 Å². The summed E-state index contributed by atoms with van der Waals surface area (Å²) in [5, 5.41) is 9.45. The molecule has 1 aliphatic rings. The van der Waals surface area contributed by atoms with Crippen molar-refractivity contribution in [2.45, 2.75) is 13.8 Å². The van der Waals surface area contributed by atoms with Gasteiger partial charge in [-0.2, -0.15) is 0 Å². The van der Waals surface area contributed by atoms with Crippen molar-refractivity contribution in [3.8, 4) is 0 Å². The number of nitrogens with one attached hydrogen (secondary N) is 2. The molecule has 0 aliphatic carbocycles. The maximum Gasteiger partial charge on any atom is 0.0630 e. The molecule has 3 aromatic carbocycles. The summed E-state index contributed by atoms with van der Waals surface area (Å²) in [6.45, 7) is 4.00. The summed E-state index contributed by atoms with van der Waals surface area (Å²) in [5.74, 6) is 0. The van der Waals surface area contributed by atoms with E-state index in [-0.39, 0.29) is 0 Å². The third-order valence-corrected chi connectivity index (χ3v) is 3.35. The quantitative estimate of drug-likeness (QED) is 0.427. The Balaban J connectivity index is 0.000000581. The predicted molar refractivity (Wildman–Crippen MR) is 88.3 cm³/mol. The van der Waals surface area contributed by atoms with Crippen LogP contribution in [-0.2, 0) is 0 Å². The van der Waals surface area contributed by atoms with Gasteiger partial charge >= 0.3 is 0 Å². The van der Waals surface area contributed by atoms with Crippen LogP contribution < -0.4 is 10.6 Å². The first-order valence-corrected chi connectivity index (χ1v) is 7.06. The second kappa shape index (κ2) is 5.25. The van der Waals surface area contributed by atoms with Crippen LogP contribution in [0.2, 0.25) is 0 Å². The normalized spacial score (nSPS) is 11.3. The molecule has 2 N–H and O–H groups in total. The Labute approximate surface area is 119 Å². The van der Waals surface area contributed by atoms with E-state index in [1.54, 1.807) is 0 Å². The first-order valence-electron chi connectivity index (χ1n) is 7.06. The Morgan fingerprint density at radius 1 is 0.550 bits per heavy atom. The highest BCUT2D eigenvalue weighted by molar-refractivity contribution is 5.98. The van der Waals surface area contributed by atoms with Crippen molar-refractivity contribution in [2.24, 2.45) is 0 Å². The van der Waals surface area contributed by atoms with E-state index in [0.29, 0.717) is 0 Å². The molecule has 3 aromatic rings. The molecule has 20 heavy (non-hydrogen) atoms. The van der Waals surface area contributed by atoms with Gasteiger partial charge in [-0.15, -0.1) is 0 Å². The number of hydrogen-bond donors (Lipinski definition) is 2. The highest BCUT2D eigenvalue weighted by atomic mass is 15.0. The van der Waals surface area contributed by atoms with Crippen molar-refractivity contribution in [3.05, 3.63) is 60.7 Å². The van der Waals surface area contributed by atoms with Gasteiger partial charge in [0.1, 0.15) is 0 Å². The van der Waals surface area contributed by atoms with Gasteiger partial charge in [-0.25, -0.2) is 0 Å². The van der Waals surface area contributed by atoms with Crippen molar-refractivity contribution < 1.29 is 0 Å². The van der Waals surface area contributed by atoms with Gasteiger partial charge in [0.15, 0.2) is 0 Å². The monoisotopic (exact) mass is 262 g/mol. The third-order valence-electron chi connectivity index (χ3n) is 3.35. The van der Waals surface area contributed by atoms with E-state index in [0.717, 1.165) is 22.7 Å². The van der Waals surface area contributed by atoms with Crippen LogP contribution in [0.3, 0.4) is 0 Å². The highest BCUT2D eigenvalue weighted by Gasteiger charge is 2.13. The summed E-state index contributed by atoms with van der Waals surface area (Å²) in [4.78, 5) is 0. The SMILES string of the molecule is CC.c1ccc2c(c1)Nc1cc3ccccc3cc1N2. The second-order valence-corrected chi connectivity index (χ2v) is 4.54. The molecule has 1 aliphatic heterocycles. The van der Waals surface area contributed by atoms with Crippen LogP contribution in [0.15, 0.2) is 60.7 Å². The Hall–Kier alpha value is -2.48. The van der Waals surface area contributed by atoms with Gasteiger partial charge < -0.3 is 10.6 Å². The van der Waals surface area contributed by atoms with Gasteiger partial charge in [-0.05, 0) is 35.0 Å². The lowest BCUT2D eigenvalue weighted by atomic mass is 10.1. The molecule has 0 spiro atoms. The van der Waals surface area contributed by atoms with Crippen LogP contribution in [0.25, 0.3) is 10.8 Å². The summed E-state index contributed by atoms with van der Waals surface area (Å²) < 4.78 is 0. The maximum atomic E-state index is 3.47. The molecular weight excluding hydrogens is 244 g/mol. The average Bonchev–Trinajstić information content (AvgIpc) is 2.52. The fraction of sp³-hybridized carbons (Fsp3) is 0.111. The Morgan fingerprint density at radius 2 is 0.950 bits per heavy atom. The Bertz CT molecular complexity index is 684. The minimum Gasteiger partial charge on any atom is -0.352 e. The largest absolute Gasteiger partial charge is 0.352 e. The summed E-state index contributed by atoms with van der Waals surface area (Å²) in [6, 6.07) is 21.0. The number of hydrogen-bond acceptors (Lipinski definition) is 2. The van der Waals surface area contributed by atoms with Crippen molar-refractivity contribution in [1.82, 2.24) is 0 Å². The van der Waals surface area contributed by atoms with Crippen LogP contribution in [0.4, 0.5) is 22.7 Å². The highest BCUT2D eigenvalue weighted by Crippen LogP contribution is 2.40. The summed E-state index contributed by atoms with van der Waals surface area (Å²) >= 11 is 0. The van der Waals surface area contributed by atoms with Crippen LogP contribution in [-0.4, -0.2) is 0 Å². The Morgan fingerprint density at radius 3 is 1.40 bits per heavy atom. The average molecular weight is 262 g/mol. The van der Waals surface area contributed by atoms with Crippen molar-refractivity contribution in [3.63, 3.8) is 0 Å². The van der Waals surface area contributed by atoms with Crippen LogP contribution in [0.5, 0.6) is 0 Å². The van der Waals surface area contributed by atoms with Gasteiger partial charge in [-0.1, -0.05) is 50.2 Å². The first-order chi connectivity index (χ1) is 9.90. The topological polar surface area (TPSA) is 24.1 Å². The number of rotatable bonds is 0. The van der Waals surface area contributed by atoms with Crippen LogP contribution >= 0.6 is 0 Å². The van der Waals surface area contributed by atoms with E-state index in [9.17, 15) is 0 Å². The molecule has 0 radical (unpaired) electrons. The number of fused-ring (bicyclic) bond motifs is 3. The molecule has 4 rings (SSSR count). The molecule has 0 fully saturated rings. The molecule has 2 heteroatoms. The summed E-state index contributed by atoms with van der Waals surface area (Å²) in [7, 11) is 0. The lowest BCUT2D eigenvalue weighted by Gasteiger charge is -2.23. The molecule has 0 unspecified atom stereocenters. The fourth-order valence-electron chi connectivity index (χ4n) is 2.44. The molecule has 0 saturated carbocycles. The van der Waals surface area contributed by atoms with E-state index in [4.69, 9.17) is 0 Å². The molecule has 0 atom stereocenters. The number of anilines is 4. The van der Waals surface area contributed by atoms with E-state index >= 15 is 0 Å². The van der Waals surface area contributed by atoms with Crippen molar-refractivity contribution >= 4 is 33.5 Å². The van der Waals surface area contributed by atoms with E-state index in [1.165, 1.54) is 10.8 Å². The van der Waals surface area contributed by atoms with Crippen LogP contribution in [0, 0.1) is 0 Å². The standard InChI is InChI=1S/C16H12N2.C2H6/c1-2-6-12-10-16-15(9-11(12)5-1)17-13-7-3-4-8-14(13)18-16;1-2/h1-10,17-18H;1-2H3. The molecule has 1 heterocycles. The Kier molecular flexibility index (Phi) is 3.30. The van der Waals surface area contributed by atoms with Gasteiger partial charge in [0.2, 0.25) is 0 Å². The number of para-hydroxylation sites is 2. The van der Waals surface area contributed by atoms with Crippen molar-refractivity contribution in [1.29, 1.82) is 0 Å². The van der Waals surface area contributed by atoms with Gasteiger partial charge in [-0.3, -0.25) is 0 Å². The van der Waals surface area contributed by atoms with Gasteiger partial charge in [0, 0.05) is 0 Å². The first kappa shape index (κ1) is 12.5. The summed E-state index contributed by atoms with van der Waals surface area (Å²) in [5.41, 5.74) is 4.51. The molecule has 0 saturated heterocycles. The second-order valence-electron chi connectivity index (χ2n) is 4.54. The molecule has 2 nitrogen and oxygen atoms in total. The van der Waals surface area contributed by atoms with Crippen molar-refractivity contribution in [2.75, 3.05) is 10.6 Å². The maximum absolute atomic E-state index is 3.47. The minimum atomic E-state index is 1.13. The zero-order valence-corrected chi connectivity index (χ0v) is 11.8. The number of benzene rings is 3. The predicted octanol–water partition coefficient (Wildman–Crippen LogP) is 5.67. The zero-order valence-electron chi connectivity index (χ0n) is 11.8. The fourth-order valence-corrected chi connectivity index (χ4v) is 2.44. The molecule has 0 bridgehead atoms. The molecular formula is C18H18N2. The zero-order chi connectivity index (χ0) is 13.9. The van der Waals surface area contributed by atoms with Gasteiger partial charge in [0.05, 0.1) is 22.7 Å². The molecule has 0 amide bonds. The molecule has 0 aromatic heterocycles. The van der Waals surface area contributed by atoms with Crippen LogP contribution in [0.1, 0.15) is 13.8 Å². The van der Waals surface area contributed by atoms with Gasteiger partial charge in [0.25, 0.3) is 0 Å². The lowest BCUT2D eigenvalue weighted by Crippen LogP contribution is -2.05.